The fraction of sp³-hybridized carbons (Fsp3) is 0.0556. The van der Waals surface area contributed by atoms with Crippen LogP contribution >= 0.6 is 0 Å². The normalized spacial score (nSPS) is 10.5. The molecule has 0 spiro atoms. The van der Waals surface area contributed by atoms with Crippen molar-refractivity contribution in [3.05, 3.63) is 155 Å². The summed E-state index contributed by atoms with van der Waals surface area (Å²) in [4.78, 5) is 51.1. The highest BCUT2D eigenvalue weighted by molar-refractivity contribution is 6.10. The lowest BCUT2D eigenvalue weighted by molar-refractivity contribution is 0.0643. The van der Waals surface area contributed by atoms with Crippen LogP contribution in [0.15, 0.2) is 121 Å². The number of hydrogen-bond acceptors (Lipinski definition) is 6. The molecular formula is C36H27NO9. The topological polar surface area (TPSA) is 151 Å². The van der Waals surface area contributed by atoms with Crippen LogP contribution in [0, 0.1) is 0 Å². The monoisotopic (exact) mass is 617 g/mol. The van der Waals surface area contributed by atoms with Crippen molar-refractivity contribution in [2.24, 2.45) is 0 Å². The molecule has 0 aliphatic rings. The highest BCUT2D eigenvalue weighted by Crippen LogP contribution is 2.26. The average molecular weight is 618 g/mol. The second kappa shape index (κ2) is 13.9. The smallest absolute Gasteiger partial charge is 0.336 e. The Balaban J connectivity index is 1.47. The molecule has 3 N–H and O–H groups in total. The van der Waals surface area contributed by atoms with E-state index in [9.17, 15) is 34.5 Å². The molecule has 5 aromatic carbocycles. The van der Waals surface area contributed by atoms with Gasteiger partial charge in [0.1, 0.15) is 23.0 Å². The van der Waals surface area contributed by atoms with E-state index in [1.807, 2.05) is 60.7 Å². The van der Waals surface area contributed by atoms with E-state index in [0.717, 1.165) is 6.07 Å². The molecule has 0 saturated carbocycles. The molecule has 5 aromatic rings. The van der Waals surface area contributed by atoms with Crippen LogP contribution in [-0.4, -0.2) is 44.0 Å². The van der Waals surface area contributed by atoms with E-state index in [0.29, 0.717) is 40.2 Å². The van der Waals surface area contributed by atoms with Crippen molar-refractivity contribution in [2.75, 3.05) is 0 Å². The number of ether oxygens (including phenoxy) is 2. The zero-order chi connectivity index (χ0) is 32.6. The van der Waals surface area contributed by atoms with Crippen LogP contribution in [0.5, 0.6) is 23.0 Å². The van der Waals surface area contributed by atoms with Gasteiger partial charge in [0.2, 0.25) is 0 Å². The highest BCUT2D eigenvalue weighted by Gasteiger charge is 2.28. The van der Waals surface area contributed by atoms with E-state index in [4.69, 9.17) is 9.47 Å². The fourth-order valence-electron chi connectivity index (χ4n) is 4.69. The van der Waals surface area contributed by atoms with Gasteiger partial charge in [-0.25, -0.2) is 14.4 Å². The second-order valence-electron chi connectivity index (χ2n) is 10.1. The average Bonchev–Trinajstić information content (AvgIpc) is 3.06. The van der Waals surface area contributed by atoms with Gasteiger partial charge in [-0.05, 0) is 71.8 Å². The molecular weight excluding hydrogens is 590 g/mol. The minimum absolute atomic E-state index is 0.00879. The quantitative estimate of drug-likeness (QED) is 0.132. The number of hydrogen-bond donors (Lipinski definition) is 3. The van der Waals surface area contributed by atoms with Crippen LogP contribution in [-0.2, 0) is 13.1 Å². The minimum Gasteiger partial charge on any atom is -0.478 e. The van der Waals surface area contributed by atoms with Gasteiger partial charge >= 0.3 is 17.9 Å². The first kappa shape index (κ1) is 31.0. The van der Waals surface area contributed by atoms with Gasteiger partial charge in [0.15, 0.2) is 0 Å². The van der Waals surface area contributed by atoms with E-state index in [2.05, 4.69) is 0 Å². The van der Waals surface area contributed by atoms with Crippen molar-refractivity contribution in [1.29, 1.82) is 0 Å². The number of carboxylic acids is 3. The Kier molecular flexibility index (Phi) is 9.38. The summed E-state index contributed by atoms with van der Waals surface area (Å²) < 4.78 is 11.7. The maximum atomic E-state index is 14.0. The van der Waals surface area contributed by atoms with E-state index in [-0.39, 0.29) is 13.1 Å². The zero-order valence-electron chi connectivity index (χ0n) is 24.2. The van der Waals surface area contributed by atoms with Gasteiger partial charge in [-0.3, -0.25) is 4.79 Å². The first-order valence-corrected chi connectivity index (χ1v) is 14.0. The number of para-hydroxylation sites is 2. The summed E-state index contributed by atoms with van der Waals surface area (Å²) in [6.07, 6.45) is 0. The summed E-state index contributed by atoms with van der Waals surface area (Å²) in [5.74, 6) is -3.21. The van der Waals surface area contributed by atoms with Crippen molar-refractivity contribution >= 4 is 23.8 Å². The molecule has 5 rings (SSSR count). The highest BCUT2D eigenvalue weighted by atomic mass is 16.5. The minimum atomic E-state index is -1.63. The zero-order valence-corrected chi connectivity index (χ0v) is 24.2. The number of nitrogens with zero attached hydrogens (tertiary/aromatic N) is 1. The molecule has 0 aliphatic heterocycles. The molecule has 230 valence electrons. The van der Waals surface area contributed by atoms with E-state index < -0.39 is 46.1 Å². The van der Waals surface area contributed by atoms with Gasteiger partial charge in [0.05, 0.1) is 22.3 Å². The number of rotatable bonds is 12. The predicted molar refractivity (Wildman–Crippen MR) is 167 cm³/mol. The lowest BCUT2D eigenvalue weighted by Gasteiger charge is -2.24. The van der Waals surface area contributed by atoms with E-state index in [1.54, 1.807) is 48.5 Å². The Morgan fingerprint density at radius 3 is 1.15 bits per heavy atom. The van der Waals surface area contributed by atoms with Gasteiger partial charge in [0, 0.05) is 13.1 Å². The fourth-order valence-corrected chi connectivity index (χ4v) is 4.69. The number of carboxylic acid groups (broad SMARTS) is 3. The van der Waals surface area contributed by atoms with Gasteiger partial charge in [-0.2, -0.15) is 0 Å². The Hall–Kier alpha value is -6.42. The maximum absolute atomic E-state index is 14.0. The van der Waals surface area contributed by atoms with Crippen LogP contribution < -0.4 is 9.47 Å². The number of benzene rings is 5. The van der Waals surface area contributed by atoms with Gasteiger partial charge in [-0.1, -0.05) is 60.7 Å². The summed E-state index contributed by atoms with van der Waals surface area (Å²) in [5.41, 5.74) is -1.18. The molecule has 0 heterocycles. The Labute approximate surface area is 263 Å². The molecule has 0 atom stereocenters. The standard InChI is InChI=1S/C36H27NO9/c38-33(29-19-31(35(41)42)32(36(43)44)20-30(29)34(39)40)37(21-23-11-15-27(16-12-23)45-25-7-3-1-4-8-25)22-24-13-17-28(18-14-24)46-26-9-5-2-6-10-26/h1-20H,21-22H2,(H,39,40)(H,41,42)(H,43,44). The molecule has 0 aliphatic carbocycles. The number of aromatic carboxylic acids is 3. The molecule has 0 unspecified atom stereocenters. The Morgan fingerprint density at radius 2 is 0.783 bits per heavy atom. The summed E-state index contributed by atoms with van der Waals surface area (Å²) in [6, 6.07) is 33.8. The SMILES string of the molecule is O=C(O)c1cc(C(=O)O)c(C(=O)N(Cc2ccc(Oc3ccccc3)cc2)Cc2ccc(Oc3ccccc3)cc2)cc1C(=O)O. The largest absolute Gasteiger partial charge is 0.478 e. The number of carbonyl (C=O) groups excluding carboxylic acids is 1. The first-order valence-electron chi connectivity index (χ1n) is 14.0. The summed E-state index contributed by atoms with van der Waals surface area (Å²) in [7, 11) is 0. The van der Waals surface area contributed by atoms with E-state index in [1.165, 1.54) is 4.90 Å². The lowest BCUT2D eigenvalue weighted by atomic mass is 9.96. The molecule has 0 radical (unpaired) electrons. The van der Waals surface area contributed by atoms with Gasteiger partial charge < -0.3 is 29.7 Å². The third-order valence-corrected chi connectivity index (χ3v) is 6.92. The van der Waals surface area contributed by atoms with Crippen molar-refractivity contribution in [3.63, 3.8) is 0 Å². The molecule has 0 bridgehead atoms. The second-order valence-corrected chi connectivity index (χ2v) is 10.1. The molecule has 1 amide bonds. The molecule has 10 heteroatoms. The van der Waals surface area contributed by atoms with Crippen molar-refractivity contribution in [2.45, 2.75) is 13.1 Å². The van der Waals surface area contributed by atoms with Crippen molar-refractivity contribution in [3.8, 4) is 23.0 Å². The van der Waals surface area contributed by atoms with Crippen LogP contribution in [0.4, 0.5) is 0 Å². The molecule has 46 heavy (non-hydrogen) atoms. The molecule has 10 nitrogen and oxygen atoms in total. The van der Waals surface area contributed by atoms with Gasteiger partial charge in [0.25, 0.3) is 5.91 Å². The van der Waals surface area contributed by atoms with Crippen LogP contribution in [0.1, 0.15) is 52.6 Å². The third kappa shape index (κ3) is 7.56. The predicted octanol–water partition coefficient (Wildman–Crippen LogP) is 7.21. The Morgan fingerprint density at radius 1 is 0.457 bits per heavy atom. The van der Waals surface area contributed by atoms with E-state index >= 15 is 0 Å². The summed E-state index contributed by atoms with van der Waals surface area (Å²) >= 11 is 0. The van der Waals surface area contributed by atoms with Crippen molar-refractivity contribution < 1.29 is 44.0 Å². The van der Waals surface area contributed by atoms with Gasteiger partial charge in [-0.15, -0.1) is 0 Å². The Bertz CT molecular complexity index is 1780. The molecule has 0 fully saturated rings. The lowest BCUT2D eigenvalue weighted by Crippen LogP contribution is -2.32. The maximum Gasteiger partial charge on any atom is 0.336 e. The van der Waals surface area contributed by atoms with Crippen LogP contribution in [0.3, 0.4) is 0 Å². The van der Waals surface area contributed by atoms with Crippen LogP contribution in [0.2, 0.25) is 0 Å². The third-order valence-electron chi connectivity index (χ3n) is 6.92. The number of amides is 1. The summed E-state index contributed by atoms with van der Waals surface area (Å²) in [6.45, 7) is 0.0176. The van der Waals surface area contributed by atoms with Crippen LogP contribution in [0.25, 0.3) is 0 Å². The number of carbonyl (C=O) groups is 4. The summed E-state index contributed by atoms with van der Waals surface area (Å²) in [5, 5.41) is 29.0. The first-order chi connectivity index (χ1) is 22.2. The van der Waals surface area contributed by atoms with Crippen molar-refractivity contribution in [1.82, 2.24) is 4.90 Å². The molecule has 0 aromatic heterocycles. The molecule has 0 saturated heterocycles.